The number of halogens is 1. The monoisotopic (exact) mass is 336 g/mol. The molecule has 0 atom stereocenters. The summed E-state index contributed by atoms with van der Waals surface area (Å²) in [7, 11) is 1.63. The van der Waals surface area contributed by atoms with Crippen LogP contribution < -0.4 is 15.8 Å². The van der Waals surface area contributed by atoms with E-state index in [4.69, 9.17) is 10.5 Å². The van der Waals surface area contributed by atoms with Crippen LogP contribution in [0.3, 0.4) is 0 Å². The van der Waals surface area contributed by atoms with Crippen molar-refractivity contribution < 1.29 is 4.74 Å². The Morgan fingerprint density at radius 3 is 2.65 bits per heavy atom. The third kappa shape index (κ3) is 3.19. The fourth-order valence-electron chi connectivity index (χ4n) is 1.97. The van der Waals surface area contributed by atoms with E-state index in [1.54, 1.807) is 7.11 Å². The summed E-state index contributed by atoms with van der Waals surface area (Å²) in [4.78, 5) is 8.33. The van der Waals surface area contributed by atoms with E-state index in [2.05, 4.69) is 45.1 Å². The fraction of sp³-hybridized carbons (Fsp3) is 0.286. The first-order valence-electron chi connectivity index (χ1n) is 6.23. The van der Waals surface area contributed by atoms with Gasteiger partial charge in [-0.25, -0.2) is 9.97 Å². The second-order valence-electron chi connectivity index (χ2n) is 4.68. The molecule has 1 aromatic heterocycles. The largest absolute Gasteiger partial charge is 0.497 e. The first kappa shape index (κ1) is 14.6. The van der Waals surface area contributed by atoms with Crippen LogP contribution in [0.4, 0.5) is 17.3 Å². The van der Waals surface area contributed by atoms with Crippen molar-refractivity contribution in [2.24, 2.45) is 0 Å². The van der Waals surface area contributed by atoms with Gasteiger partial charge in [-0.05, 0) is 18.1 Å². The van der Waals surface area contributed by atoms with Crippen LogP contribution >= 0.6 is 15.9 Å². The number of hydrogen-bond donors (Lipinski definition) is 2. The minimum Gasteiger partial charge on any atom is -0.497 e. The van der Waals surface area contributed by atoms with Gasteiger partial charge in [-0.3, -0.25) is 0 Å². The number of anilines is 3. The molecule has 3 N–H and O–H groups in total. The summed E-state index contributed by atoms with van der Waals surface area (Å²) in [6, 6.07) is 5.74. The second-order valence-corrected chi connectivity index (χ2v) is 5.60. The highest BCUT2D eigenvalue weighted by Crippen LogP contribution is 2.31. The highest BCUT2D eigenvalue weighted by Gasteiger charge is 2.13. The Balaban J connectivity index is 2.40. The average molecular weight is 337 g/mol. The quantitative estimate of drug-likeness (QED) is 0.890. The zero-order valence-electron chi connectivity index (χ0n) is 11.6. The highest BCUT2D eigenvalue weighted by atomic mass is 79.9. The minimum atomic E-state index is 0.229. The summed E-state index contributed by atoms with van der Waals surface area (Å²) in [5, 5.41) is 3.27. The lowest BCUT2D eigenvalue weighted by atomic mass is 10.0. The Hall–Kier alpha value is -1.82. The fourth-order valence-corrected chi connectivity index (χ4v) is 2.44. The number of nitrogens with zero attached hydrogens (tertiary/aromatic N) is 2. The van der Waals surface area contributed by atoms with Crippen molar-refractivity contribution >= 4 is 33.3 Å². The lowest BCUT2D eigenvalue weighted by Crippen LogP contribution is -2.06. The topological polar surface area (TPSA) is 73.1 Å². The Labute approximate surface area is 126 Å². The predicted molar refractivity (Wildman–Crippen MR) is 84.5 cm³/mol. The molecule has 2 aromatic rings. The number of nitrogen functional groups attached to an aromatic ring is 1. The maximum Gasteiger partial charge on any atom is 0.139 e. The molecule has 6 heteroatoms. The van der Waals surface area contributed by atoms with E-state index in [1.165, 1.54) is 6.33 Å². The number of benzene rings is 1. The number of nitrogens with one attached hydrogen (secondary N) is 1. The lowest BCUT2D eigenvalue weighted by Gasteiger charge is -2.15. The van der Waals surface area contributed by atoms with Crippen LogP contribution in [0.15, 0.2) is 29.0 Å². The number of ether oxygens (including phenoxy) is 1. The average Bonchev–Trinajstić information content (AvgIpc) is 2.37. The van der Waals surface area contributed by atoms with Crippen molar-refractivity contribution in [2.75, 3.05) is 18.2 Å². The zero-order valence-corrected chi connectivity index (χ0v) is 13.2. The van der Waals surface area contributed by atoms with Crippen molar-refractivity contribution in [3.63, 3.8) is 0 Å². The van der Waals surface area contributed by atoms with E-state index in [-0.39, 0.29) is 5.92 Å². The number of methoxy groups -OCH3 is 1. The van der Waals surface area contributed by atoms with Gasteiger partial charge in [0.15, 0.2) is 0 Å². The molecule has 0 aliphatic rings. The second kappa shape index (κ2) is 6.09. The van der Waals surface area contributed by atoms with Gasteiger partial charge >= 0.3 is 0 Å². The normalized spacial score (nSPS) is 10.7. The first-order chi connectivity index (χ1) is 9.51. The Bertz CT molecular complexity index is 616. The molecule has 0 aliphatic carbocycles. The molecule has 0 bridgehead atoms. The molecule has 20 heavy (non-hydrogen) atoms. The Morgan fingerprint density at radius 1 is 1.25 bits per heavy atom. The van der Waals surface area contributed by atoms with E-state index in [1.807, 2.05) is 18.2 Å². The summed E-state index contributed by atoms with van der Waals surface area (Å²) >= 11 is 3.45. The molecule has 0 radical (unpaired) electrons. The molecular formula is C14H17BrN4O. The van der Waals surface area contributed by atoms with Crippen LogP contribution in [0.1, 0.15) is 25.3 Å². The van der Waals surface area contributed by atoms with Crippen molar-refractivity contribution in [2.45, 2.75) is 19.8 Å². The maximum absolute atomic E-state index is 5.94. The predicted octanol–water partition coefficient (Wildman–Crippen LogP) is 3.70. The van der Waals surface area contributed by atoms with Gasteiger partial charge < -0.3 is 15.8 Å². The summed E-state index contributed by atoms with van der Waals surface area (Å²) in [6.07, 6.45) is 1.46. The molecule has 1 aromatic carbocycles. The smallest absolute Gasteiger partial charge is 0.139 e. The van der Waals surface area contributed by atoms with Crippen molar-refractivity contribution in [1.82, 2.24) is 9.97 Å². The van der Waals surface area contributed by atoms with Gasteiger partial charge in [0.1, 0.15) is 23.7 Å². The highest BCUT2D eigenvalue weighted by molar-refractivity contribution is 9.10. The van der Waals surface area contributed by atoms with E-state index in [9.17, 15) is 0 Å². The van der Waals surface area contributed by atoms with Crippen LogP contribution in [0, 0.1) is 0 Å². The van der Waals surface area contributed by atoms with Crippen LogP contribution in [0.2, 0.25) is 0 Å². The van der Waals surface area contributed by atoms with Gasteiger partial charge in [-0.15, -0.1) is 0 Å². The summed E-state index contributed by atoms with van der Waals surface area (Å²) in [6.45, 7) is 4.11. The molecule has 106 valence electrons. The summed E-state index contributed by atoms with van der Waals surface area (Å²) in [5.74, 6) is 2.20. The number of rotatable bonds is 4. The molecule has 0 aliphatic heterocycles. The van der Waals surface area contributed by atoms with Crippen LogP contribution in [-0.4, -0.2) is 17.1 Å². The Kier molecular flexibility index (Phi) is 4.44. The van der Waals surface area contributed by atoms with Crippen LogP contribution in [0.25, 0.3) is 0 Å². The van der Waals surface area contributed by atoms with Gasteiger partial charge in [0, 0.05) is 21.8 Å². The zero-order chi connectivity index (χ0) is 14.7. The van der Waals surface area contributed by atoms with Gasteiger partial charge in [0.05, 0.1) is 7.11 Å². The molecule has 1 heterocycles. The number of nitrogens with two attached hydrogens (primary N) is 1. The molecule has 0 spiro atoms. The van der Waals surface area contributed by atoms with Crippen LogP contribution in [-0.2, 0) is 0 Å². The molecular weight excluding hydrogens is 320 g/mol. The van der Waals surface area contributed by atoms with Gasteiger partial charge in [-0.2, -0.15) is 0 Å². The lowest BCUT2D eigenvalue weighted by molar-refractivity contribution is 0.415. The maximum atomic E-state index is 5.94. The third-order valence-electron chi connectivity index (χ3n) is 2.86. The molecule has 5 nitrogen and oxygen atoms in total. The third-order valence-corrected chi connectivity index (χ3v) is 3.32. The molecule has 0 unspecified atom stereocenters. The van der Waals surface area contributed by atoms with Crippen molar-refractivity contribution in [3.8, 4) is 5.75 Å². The standard InChI is InChI=1S/C14H17BrN4O/c1-8(2)12-13(16)17-7-18-14(12)19-10-4-9(15)5-11(6-10)20-3/h4-8H,1-3H3,(H3,16,17,18,19). The number of aromatic nitrogens is 2. The van der Waals surface area contributed by atoms with E-state index >= 15 is 0 Å². The molecule has 0 saturated carbocycles. The summed E-state index contributed by atoms with van der Waals surface area (Å²) < 4.78 is 6.17. The van der Waals surface area contributed by atoms with Gasteiger partial charge in [0.2, 0.25) is 0 Å². The van der Waals surface area contributed by atoms with Crippen molar-refractivity contribution in [3.05, 3.63) is 34.6 Å². The first-order valence-corrected chi connectivity index (χ1v) is 7.02. The van der Waals surface area contributed by atoms with Crippen molar-refractivity contribution in [1.29, 1.82) is 0 Å². The van der Waals surface area contributed by atoms with E-state index in [0.717, 1.165) is 21.5 Å². The number of hydrogen-bond acceptors (Lipinski definition) is 5. The van der Waals surface area contributed by atoms with Gasteiger partial charge in [-0.1, -0.05) is 29.8 Å². The van der Waals surface area contributed by atoms with Gasteiger partial charge in [0.25, 0.3) is 0 Å². The SMILES string of the molecule is COc1cc(Br)cc(Nc2ncnc(N)c2C(C)C)c1. The molecule has 0 saturated heterocycles. The summed E-state index contributed by atoms with van der Waals surface area (Å²) in [5.41, 5.74) is 7.72. The molecule has 0 fully saturated rings. The molecule has 2 rings (SSSR count). The van der Waals surface area contributed by atoms with E-state index in [0.29, 0.717) is 11.6 Å². The van der Waals surface area contributed by atoms with Crippen LogP contribution in [0.5, 0.6) is 5.75 Å². The molecule has 0 amide bonds. The Morgan fingerprint density at radius 2 is 2.00 bits per heavy atom. The van der Waals surface area contributed by atoms with E-state index < -0.39 is 0 Å². The minimum absolute atomic E-state index is 0.229.